The summed E-state index contributed by atoms with van der Waals surface area (Å²) >= 11 is 3.37. The minimum absolute atomic E-state index is 0.147. The number of rotatable bonds is 5. The number of carbonyl (C=O) groups excluding carboxylic acids is 1. The summed E-state index contributed by atoms with van der Waals surface area (Å²) < 4.78 is 12.0. The van der Waals surface area contributed by atoms with Gasteiger partial charge < -0.3 is 13.9 Å². The normalized spacial score (nSPS) is 11.2. The molecule has 4 aromatic rings. The second-order valence-electron chi connectivity index (χ2n) is 6.08. The fourth-order valence-corrected chi connectivity index (χ4v) is 3.07. The molecule has 0 aliphatic rings. The van der Waals surface area contributed by atoms with Gasteiger partial charge in [0.15, 0.2) is 5.76 Å². The molecule has 2 aromatic heterocycles. The van der Waals surface area contributed by atoms with Crippen molar-refractivity contribution in [2.24, 2.45) is 5.10 Å². The van der Waals surface area contributed by atoms with Crippen LogP contribution in [0.1, 0.15) is 26.7 Å². The number of amides is 1. The van der Waals surface area contributed by atoms with Crippen molar-refractivity contribution in [1.29, 1.82) is 0 Å². The zero-order chi connectivity index (χ0) is 20.4. The minimum atomic E-state index is -0.989. The second kappa shape index (κ2) is 7.76. The highest BCUT2D eigenvalue weighted by Crippen LogP contribution is 2.24. The molecule has 7 nitrogen and oxygen atoms in total. The Labute approximate surface area is 172 Å². The van der Waals surface area contributed by atoms with Crippen molar-refractivity contribution < 1.29 is 23.5 Å². The predicted molar refractivity (Wildman–Crippen MR) is 110 cm³/mol. The summed E-state index contributed by atoms with van der Waals surface area (Å²) in [5, 5.41) is 13.6. The highest BCUT2D eigenvalue weighted by atomic mass is 79.9. The van der Waals surface area contributed by atoms with E-state index in [0.29, 0.717) is 17.1 Å². The molecule has 0 radical (unpaired) electrons. The highest BCUT2D eigenvalue weighted by molar-refractivity contribution is 9.10. The van der Waals surface area contributed by atoms with E-state index in [0.717, 1.165) is 15.4 Å². The molecule has 29 heavy (non-hydrogen) atoms. The zero-order valence-corrected chi connectivity index (χ0v) is 16.3. The van der Waals surface area contributed by atoms with Crippen molar-refractivity contribution in [2.45, 2.75) is 0 Å². The SMILES string of the molecule is O=C(O)c1ccc(-c2ccc(C=NNC(=O)c3cc4cc(Br)ccc4o3)o2)cc1. The van der Waals surface area contributed by atoms with Crippen LogP contribution in [0.25, 0.3) is 22.3 Å². The Kier molecular flexibility index (Phi) is 5.01. The quantitative estimate of drug-likeness (QED) is 0.330. The average molecular weight is 453 g/mol. The summed E-state index contributed by atoms with van der Waals surface area (Å²) in [5.74, 6) is -0.344. The molecule has 144 valence electrons. The molecule has 0 unspecified atom stereocenters. The maximum atomic E-state index is 12.2. The maximum Gasteiger partial charge on any atom is 0.335 e. The highest BCUT2D eigenvalue weighted by Gasteiger charge is 2.12. The molecule has 0 saturated carbocycles. The topological polar surface area (TPSA) is 105 Å². The number of benzene rings is 2. The number of hydrogen-bond acceptors (Lipinski definition) is 5. The number of nitrogens with zero attached hydrogens (tertiary/aromatic N) is 1. The molecule has 0 fully saturated rings. The van der Waals surface area contributed by atoms with Gasteiger partial charge in [-0.15, -0.1) is 0 Å². The van der Waals surface area contributed by atoms with Crippen molar-refractivity contribution in [1.82, 2.24) is 5.43 Å². The Balaban J connectivity index is 1.42. The third kappa shape index (κ3) is 4.12. The zero-order valence-electron chi connectivity index (χ0n) is 14.8. The molecule has 2 N–H and O–H groups in total. The van der Waals surface area contributed by atoms with Gasteiger partial charge in [0.25, 0.3) is 0 Å². The van der Waals surface area contributed by atoms with Crippen molar-refractivity contribution in [3.63, 3.8) is 0 Å². The van der Waals surface area contributed by atoms with Gasteiger partial charge in [-0.25, -0.2) is 10.2 Å². The van der Waals surface area contributed by atoms with E-state index in [1.165, 1.54) is 18.3 Å². The number of furan rings is 2. The van der Waals surface area contributed by atoms with Gasteiger partial charge in [0.05, 0.1) is 11.8 Å². The van der Waals surface area contributed by atoms with Crippen LogP contribution in [0.2, 0.25) is 0 Å². The Morgan fingerprint density at radius 2 is 1.79 bits per heavy atom. The number of halogens is 1. The van der Waals surface area contributed by atoms with Crippen LogP contribution in [0, 0.1) is 0 Å². The summed E-state index contributed by atoms with van der Waals surface area (Å²) in [6.07, 6.45) is 1.37. The van der Waals surface area contributed by atoms with Crippen LogP contribution in [0.3, 0.4) is 0 Å². The standard InChI is InChI=1S/C21H13BrN2O5/c22-15-5-7-18-14(9-15)10-19(29-18)20(25)24-23-11-16-6-8-17(28-16)12-1-3-13(4-2-12)21(26)27/h1-11H,(H,24,25)(H,26,27). The molecular formula is C21H13BrN2O5. The average Bonchev–Trinajstić information content (AvgIpc) is 3.34. The summed E-state index contributed by atoms with van der Waals surface area (Å²) in [4.78, 5) is 23.1. The molecule has 4 rings (SSSR count). The number of fused-ring (bicyclic) bond motifs is 1. The number of carboxylic acids is 1. The number of carboxylic acid groups (broad SMARTS) is 1. The molecule has 8 heteroatoms. The van der Waals surface area contributed by atoms with Crippen LogP contribution in [0.5, 0.6) is 0 Å². The van der Waals surface area contributed by atoms with E-state index >= 15 is 0 Å². The van der Waals surface area contributed by atoms with Gasteiger partial charge in [0, 0.05) is 15.4 Å². The van der Waals surface area contributed by atoms with E-state index in [-0.39, 0.29) is 11.3 Å². The molecule has 2 aromatic carbocycles. The lowest BCUT2D eigenvalue weighted by molar-refractivity contribution is 0.0696. The molecule has 0 aliphatic carbocycles. The second-order valence-corrected chi connectivity index (χ2v) is 6.99. The predicted octanol–water partition coefficient (Wildman–Crippen LogP) is 4.92. The van der Waals surface area contributed by atoms with Gasteiger partial charge in [-0.3, -0.25) is 4.79 Å². The van der Waals surface area contributed by atoms with Crippen molar-refractivity contribution in [3.05, 3.63) is 82.2 Å². The molecule has 2 heterocycles. The maximum absolute atomic E-state index is 12.2. The third-order valence-electron chi connectivity index (χ3n) is 4.10. The lowest BCUT2D eigenvalue weighted by atomic mass is 10.1. The Bertz CT molecular complexity index is 1240. The monoisotopic (exact) mass is 452 g/mol. The van der Waals surface area contributed by atoms with Crippen LogP contribution in [-0.2, 0) is 0 Å². The van der Waals surface area contributed by atoms with Gasteiger partial charge in [0.1, 0.15) is 17.1 Å². The van der Waals surface area contributed by atoms with Crippen LogP contribution >= 0.6 is 15.9 Å². The Hall–Kier alpha value is -3.65. The van der Waals surface area contributed by atoms with Gasteiger partial charge in [0.2, 0.25) is 0 Å². The van der Waals surface area contributed by atoms with Crippen LogP contribution < -0.4 is 5.43 Å². The molecule has 0 spiro atoms. The first-order chi connectivity index (χ1) is 14.0. The Morgan fingerprint density at radius 1 is 1.00 bits per heavy atom. The van der Waals surface area contributed by atoms with E-state index in [1.54, 1.807) is 36.4 Å². The molecule has 0 atom stereocenters. The molecule has 0 saturated heterocycles. The Morgan fingerprint density at radius 3 is 2.55 bits per heavy atom. The van der Waals surface area contributed by atoms with Gasteiger partial charge in [-0.05, 0) is 48.5 Å². The number of aromatic carboxylic acids is 1. The van der Waals surface area contributed by atoms with E-state index in [4.69, 9.17) is 13.9 Å². The summed E-state index contributed by atoms with van der Waals surface area (Å²) in [5.41, 5.74) is 3.92. The minimum Gasteiger partial charge on any atom is -0.478 e. The van der Waals surface area contributed by atoms with Gasteiger partial charge in [-0.1, -0.05) is 28.1 Å². The van der Waals surface area contributed by atoms with Crippen LogP contribution in [0.15, 0.2) is 79.1 Å². The van der Waals surface area contributed by atoms with Crippen molar-refractivity contribution in [2.75, 3.05) is 0 Å². The number of hydrazone groups is 1. The molecule has 0 bridgehead atoms. The van der Waals surface area contributed by atoms with E-state index in [9.17, 15) is 9.59 Å². The van der Waals surface area contributed by atoms with Crippen LogP contribution in [-0.4, -0.2) is 23.2 Å². The van der Waals surface area contributed by atoms with Crippen LogP contribution in [0.4, 0.5) is 0 Å². The lowest BCUT2D eigenvalue weighted by Gasteiger charge is -1.98. The summed E-state index contributed by atoms with van der Waals surface area (Å²) in [6, 6.07) is 16.8. The first-order valence-corrected chi connectivity index (χ1v) is 9.25. The number of nitrogens with one attached hydrogen (secondary N) is 1. The largest absolute Gasteiger partial charge is 0.478 e. The lowest BCUT2D eigenvalue weighted by Crippen LogP contribution is -2.16. The number of carbonyl (C=O) groups is 2. The first kappa shape index (κ1) is 18.7. The van der Waals surface area contributed by atoms with E-state index in [1.807, 2.05) is 12.1 Å². The molecule has 0 aliphatic heterocycles. The summed E-state index contributed by atoms with van der Waals surface area (Å²) in [6.45, 7) is 0. The third-order valence-corrected chi connectivity index (χ3v) is 4.60. The van der Waals surface area contributed by atoms with E-state index < -0.39 is 11.9 Å². The van der Waals surface area contributed by atoms with Crippen molar-refractivity contribution in [3.8, 4) is 11.3 Å². The smallest absolute Gasteiger partial charge is 0.335 e. The first-order valence-electron chi connectivity index (χ1n) is 8.46. The molecule has 1 amide bonds. The van der Waals surface area contributed by atoms with E-state index in [2.05, 4.69) is 26.5 Å². The fourth-order valence-electron chi connectivity index (χ4n) is 2.69. The fraction of sp³-hybridized carbons (Fsp3) is 0. The number of hydrogen-bond donors (Lipinski definition) is 2. The van der Waals surface area contributed by atoms with Gasteiger partial charge in [-0.2, -0.15) is 5.10 Å². The van der Waals surface area contributed by atoms with Crippen molar-refractivity contribution >= 4 is 45.0 Å². The summed E-state index contributed by atoms with van der Waals surface area (Å²) in [7, 11) is 0. The molecular weight excluding hydrogens is 440 g/mol. The van der Waals surface area contributed by atoms with Gasteiger partial charge >= 0.3 is 11.9 Å².